The SMILES string of the molecule is COc1cc2nc(Cl)nc(NCCN3CCN(C)CC3)c2cc1OC. The van der Waals surface area contributed by atoms with Gasteiger partial charge in [0.05, 0.1) is 19.7 Å². The molecule has 0 atom stereocenters. The van der Waals surface area contributed by atoms with Crippen LogP contribution in [0.3, 0.4) is 0 Å². The van der Waals surface area contributed by atoms with Crippen molar-refractivity contribution in [1.82, 2.24) is 19.8 Å². The molecule has 1 N–H and O–H groups in total. The summed E-state index contributed by atoms with van der Waals surface area (Å²) in [4.78, 5) is 13.4. The van der Waals surface area contributed by atoms with Crippen LogP contribution in [0.25, 0.3) is 10.9 Å². The Hall–Kier alpha value is -1.83. The first kappa shape index (κ1) is 18.0. The van der Waals surface area contributed by atoms with E-state index in [9.17, 15) is 0 Å². The molecule has 1 saturated heterocycles. The smallest absolute Gasteiger partial charge is 0.224 e. The van der Waals surface area contributed by atoms with Gasteiger partial charge in [0.25, 0.3) is 0 Å². The van der Waals surface area contributed by atoms with E-state index in [0.29, 0.717) is 17.3 Å². The van der Waals surface area contributed by atoms with Crippen LogP contribution < -0.4 is 14.8 Å². The Labute approximate surface area is 152 Å². The molecule has 2 aromatic rings. The number of methoxy groups -OCH3 is 2. The molecule has 8 heteroatoms. The molecule has 0 aliphatic carbocycles. The average molecular weight is 366 g/mol. The largest absolute Gasteiger partial charge is 0.493 e. The summed E-state index contributed by atoms with van der Waals surface area (Å²) in [6.07, 6.45) is 0. The van der Waals surface area contributed by atoms with E-state index < -0.39 is 0 Å². The Balaban J connectivity index is 1.76. The van der Waals surface area contributed by atoms with Crippen LogP contribution in [0.1, 0.15) is 0 Å². The summed E-state index contributed by atoms with van der Waals surface area (Å²) >= 11 is 6.09. The Kier molecular flexibility index (Phi) is 5.78. The van der Waals surface area contributed by atoms with E-state index in [1.807, 2.05) is 12.1 Å². The predicted octanol–water partition coefficient (Wildman–Crippen LogP) is 1.96. The maximum Gasteiger partial charge on any atom is 0.224 e. The molecule has 25 heavy (non-hydrogen) atoms. The molecule has 0 radical (unpaired) electrons. The molecule has 3 rings (SSSR count). The first-order chi connectivity index (χ1) is 12.1. The van der Waals surface area contributed by atoms with E-state index in [-0.39, 0.29) is 5.28 Å². The van der Waals surface area contributed by atoms with Crippen molar-refractivity contribution in [1.29, 1.82) is 0 Å². The molecule has 1 aromatic carbocycles. The predicted molar refractivity (Wildman–Crippen MR) is 100 cm³/mol. The molecule has 2 heterocycles. The number of nitrogens with zero attached hydrogens (tertiary/aromatic N) is 4. The monoisotopic (exact) mass is 365 g/mol. The van der Waals surface area contributed by atoms with E-state index >= 15 is 0 Å². The number of benzene rings is 1. The Bertz CT molecular complexity index is 735. The summed E-state index contributed by atoms with van der Waals surface area (Å²) in [5.41, 5.74) is 0.722. The Morgan fingerprint density at radius 2 is 1.76 bits per heavy atom. The molecule has 1 fully saturated rings. The highest BCUT2D eigenvalue weighted by atomic mass is 35.5. The van der Waals surface area contributed by atoms with E-state index in [4.69, 9.17) is 21.1 Å². The standard InChI is InChI=1S/C17H24ClN5O2/c1-22-6-8-23(9-7-22)5-4-19-16-12-10-14(24-2)15(25-3)11-13(12)20-17(18)21-16/h10-11H,4-9H2,1-3H3,(H,19,20,21). The summed E-state index contributed by atoms with van der Waals surface area (Å²) in [5, 5.41) is 4.46. The second-order valence-corrected chi connectivity index (χ2v) is 6.48. The minimum atomic E-state index is 0.210. The number of piperazine rings is 1. The summed E-state index contributed by atoms with van der Waals surface area (Å²) in [7, 11) is 5.37. The summed E-state index contributed by atoms with van der Waals surface area (Å²) in [5.74, 6) is 1.97. The number of aromatic nitrogens is 2. The minimum Gasteiger partial charge on any atom is -0.493 e. The molecular weight excluding hydrogens is 342 g/mol. The molecule has 7 nitrogen and oxygen atoms in total. The first-order valence-electron chi connectivity index (χ1n) is 8.34. The van der Waals surface area contributed by atoms with Crippen LogP contribution in [0.4, 0.5) is 5.82 Å². The molecular formula is C17H24ClN5O2. The molecule has 1 aliphatic heterocycles. The highest BCUT2D eigenvalue weighted by Gasteiger charge is 2.15. The number of ether oxygens (including phenoxy) is 2. The van der Waals surface area contributed by atoms with Crippen LogP contribution >= 0.6 is 11.6 Å². The Morgan fingerprint density at radius 1 is 1.08 bits per heavy atom. The lowest BCUT2D eigenvalue weighted by Crippen LogP contribution is -2.45. The molecule has 1 aromatic heterocycles. The van der Waals surface area contributed by atoms with Crippen LogP contribution in [0, 0.1) is 0 Å². The van der Waals surface area contributed by atoms with Gasteiger partial charge in [-0.05, 0) is 24.7 Å². The zero-order valence-electron chi connectivity index (χ0n) is 14.9. The van der Waals surface area contributed by atoms with Crippen LogP contribution in [-0.2, 0) is 0 Å². The van der Waals surface area contributed by atoms with Crippen molar-refractivity contribution in [2.75, 3.05) is 65.9 Å². The number of hydrogen-bond acceptors (Lipinski definition) is 7. The van der Waals surface area contributed by atoms with E-state index in [0.717, 1.165) is 50.2 Å². The third-order valence-electron chi connectivity index (χ3n) is 4.49. The summed E-state index contributed by atoms with van der Waals surface area (Å²) < 4.78 is 10.7. The third kappa shape index (κ3) is 4.23. The number of anilines is 1. The minimum absolute atomic E-state index is 0.210. The van der Waals surface area contributed by atoms with Crippen LogP contribution in [0.5, 0.6) is 11.5 Å². The summed E-state index contributed by atoms with van der Waals surface area (Å²) in [6.45, 7) is 6.16. The molecule has 0 amide bonds. The number of hydrogen-bond donors (Lipinski definition) is 1. The fourth-order valence-electron chi connectivity index (χ4n) is 2.97. The van der Waals surface area contributed by atoms with Gasteiger partial charge in [-0.15, -0.1) is 0 Å². The fraction of sp³-hybridized carbons (Fsp3) is 0.529. The van der Waals surface area contributed by atoms with Crippen LogP contribution in [0.2, 0.25) is 5.28 Å². The van der Waals surface area contributed by atoms with Gasteiger partial charge < -0.3 is 19.7 Å². The van der Waals surface area contributed by atoms with Gasteiger partial charge in [-0.2, -0.15) is 0 Å². The van der Waals surface area contributed by atoms with Gasteiger partial charge in [0.1, 0.15) is 5.82 Å². The van der Waals surface area contributed by atoms with Crippen LogP contribution in [0.15, 0.2) is 12.1 Å². The van der Waals surface area contributed by atoms with Crippen molar-refractivity contribution < 1.29 is 9.47 Å². The van der Waals surface area contributed by atoms with Gasteiger partial charge in [-0.25, -0.2) is 9.97 Å². The van der Waals surface area contributed by atoms with Gasteiger partial charge in [0, 0.05) is 50.7 Å². The lowest BCUT2D eigenvalue weighted by atomic mass is 10.2. The van der Waals surface area contributed by atoms with Gasteiger partial charge in [0.15, 0.2) is 11.5 Å². The highest BCUT2D eigenvalue weighted by molar-refractivity contribution is 6.28. The highest BCUT2D eigenvalue weighted by Crippen LogP contribution is 2.34. The van der Waals surface area contributed by atoms with Crippen LogP contribution in [-0.4, -0.2) is 80.3 Å². The van der Waals surface area contributed by atoms with Gasteiger partial charge in [-0.3, -0.25) is 4.90 Å². The van der Waals surface area contributed by atoms with Crippen molar-refractivity contribution in [2.24, 2.45) is 0 Å². The van der Waals surface area contributed by atoms with Crippen molar-refractivity contribution >= 4 is 28.3 Å². The zero-order chi connectivity index (χ0) is 17.8. The number of likely N-dealkylation sites (N-methyl/N-ethyl adjacent to an activating group) is 1. The third-order valence-corrected chi connectivity index (χ3v) is 4.66. The molecule has 0 spiro atoms. The maximum atomic E-state index is 6.09. The van der Waals surface area contributed by atoms with Crippen molar-refractivity contribution in [2.45, 2.75) is 0 Å². The molecule has 1 aliphatic rings. The lowest BCUT2D eigenvalue weighted by molar-refractivity contribution is 0.158. The van der Waals surface area contributed by atoms with E-state index in [2.05, 4.69) is 32.1 Å². The first-order valence-corrected chi connectivity index (χ1v) is 8.72. The second kappa shape index (κ2) is 8.03. The van der Waals surface area contributed by atoms with E-state index in [1.165, 1.54) is 0 Å². The second-order valence-electron chi connectivity index (χ2n) is 6.14. The fourth-order valence-corrected chi connectivity index (χ4v) is 3.14. The molecule has 0 bridgehead atoms. The zero-order valence-corrected chi connectivity index (χ0v) is 15.6. The molecule has 0 saturated carbocycles. The lowest BCUT2D eigenvalue weighted by Gasteiger charge is -2.32. The number of rotatable bonds is 6. The number of halogens is 1. The van der Waals surface area contributed by atoms with E-state index in [1.54, 1.807) is 14.2 Å². The van der Waals surface area contributed by atoms with Crippen molar-refractivity contribution in [3.8, 4) is 11.5 Å². The van der Waals surface area contributed by atoms with Gasteiger partial charge >= 0.3 is 0 Å². The molecule has 0 unspecified atom stereocenters. The van der Waals surface area contributed by atoms with Crippen molar-refractivity contribution in [3.05, 3.63) is 17.4 Å². The molecule has 136 valence electrons. The maximum absolute atomic E-state index is 6.09. The van der Waals surface area contributed by atoms with Crippen molar-refractivity contribution in [3.63, 3.8) is 0 Å². The quantitative estimate of drug-likeness (QED) is 0.785. The van der Waals surface area contributed by atoms with Gasteiger partial charge in [-0.1, -0.05) is 0 Å². The van der Waals surface area contributed by atoms with Gasteiger partial charge in [0.2, 0.25) is 5.28 Å². The normalized spacial score (nSPS) is 16.2. The average Bonchev–Trinajstić information content (AvgIpc) is 2.62. The summed E-state index contributed by atoms with van der Waals surface area (Å²) in [6, 6.07) is 3.69. The topological polar surface area (TPSA) is 62.8 Å². The number of fused-ring (bicyclic) bond motifs is 1. The number of nitrogens with one attached hydrogen (secondary N) is 1. The Morgan fingerprint density at radius 3 is 2.44 bits per heavy atom.